The van der Waals surface area contributed by atoms with Crippen LogP contribution in [0.1, 0.15) is 36.5 Å². The largest absolute Gasteiger partial charge is 0.493 e. The van der Waals surface area contributed by atoms with Crippen LogP contribution in [0.2, 0.25) is 0 Å². The molecule has 0 aliphatic carbocycles. The summed E-state index contributed by atoms with van der Waals surface area (Å²) in [7, 11) is 1.64. The van der Waals surface area contributed by atoms with E-state index in [0.29, 0.717) is 22.6 Å². The maximum atomic E-state index is 13.0. The number of carbonyl (C=O) groups is 1. The number of hydrogen-bond donors (Lipinski definition) is 0. The zero-order valence-electron chi connectivity index (χ0n) is 17.5. The van der Waals surface area contributed by atoms with Gasteiger partial charge in [0.1, 0.15) is 0 Å². The molecule has 1 amide bonds. The first kappa shape index (κ1) is 21.9. The number of amides is 1. The molecule has 6 heteroatoms. The van der Waals surface area contributed by atoms with Crippen molar-refractivity contribution in [3.63, 3.8) is 0 Å². The molecule has 0 bridgehead atoms. The Balaban J connectivity index is 1.68. The van der Waals surface area contributed by atoms with Crippen LogP contribution in [0, 0.1) is 0 Å². The highest BCUT2D eigenvalue weighted by atomic mass is 32.2. The molecule has 1 heterocycles. The maximum absolute atomic E-state index is 13.0. The number of nitrogens with zero attached hydrogens (tertiary/aromatic N) is 1. The van der Waals surface area contributed by atoms with E-state index in [-0.39, 0.29) is 18.1 Å². The summed E-state index contributed by atoms with van der Waals surface area (Å²) in [5, 5.41) is 0. The lowest BCUT2D eigenvalue weighted by Gasteiger charge is -2.36. The molecule has 0 aromatic heterocycles. The van der Waals surface area contributed by atoms with Gasteiger partial charge in [0.25, 0.3) is 5.91 Å². The van der Waals surface area contributed by atoms with Gasteiger partial charge < -0.3 is 14.4 Å². The van der Waals surface area contributed by atoms with Crippen LogP contribution in [0.15, 0.2) is 48.5 Å². The van der Waals surface area contributed by atoms with Crippen LogP contribution in [0.25, 0.3) is 0 Å². The predicted molar refractivity (Wildman–Crippen MR) is 123 cm³/mol. The van der Waals surface area contributed by atoms with Gasteiger partial charge in [-0.05, 0) is 44.0 Å². The SMILES string of the molecule is COc1cc(C2SCCS2)ccc1OCC(=O)N(Cc1ccccc1)C(C)(C)C. The molecule has 156 valence electrons. The van der Waals surface area contributed by atoms with Crippen molar-refractivity contribution in [3.05, 3.63) is 59.7 Å². The molecule has 0 atom stereocenters. The first-order chi connectivity index (χ1) is 13.9. The summed E-state index contributed by atoms with van der Waals surface area (Å²) in [5.74, 6) is 3.58. The van der Waals surface area contributed by atoms with Gasteiger partial charge in [-0.2, -0.15) is 0 Å². The zero-order valence-corrected chi connectivity index (χ0v) is 19.1. The predicted octanol–water partition coefficient (Wildman–Crippen LogP) is 5.38. The molecular formula is C23H29NO3S2. The normalized spacial score (nSPS) is 14.6. The molecule has 29 heavy (non-hydrogen) atoms. The Morgan fingerprint density at radius 3 is 2.38 bits per heavy atom. The van der Waals surface area contributed by atoms with Crippen molar-refractivity contribution in [1.29, 1.82) is 0 Å². The number of methoxy groups -OCH3 is 1. The van der Waals surface area contributed by atoms with E-state index in [1.807, 2.05) is 91.7 Å². The molecule has 1 aliphatic heterocycles. The van der Waals surface area contributed by atoms with Gasteiger partial charge >= 0.3 is 0 Å². The second-order valence-corrected chi connectivity index (χ2v) is 10.6. The Morgan fingerprint density at radius 2 is 1.76 bits per heavy atom. The standard InChI is InChI=1S/C23H29NO3S2/c1-23(2,3)24(15-17-8-6-5-7-9-17)21(25)16-27-19-11-10-18(14-20(19)26-4)22-28-12-13-29-22/h5-11,14,22H,12-13,15-16H2,1-4H3. The van der Waals surface area contributed by atoms with Crippen molar-refractivity contribution >= 4 is 29.4 Å². The van der Waals surface area contributed by atoms with Crippen LogP contribution in [-0.2, 0) is 11.3 Å². The minimum Gasteiger partial charge on any atom is -0.493 e. The van der Waals surface area contributed by atoms with E-state index in [2.05, 4.69) is 6.07 Å². The van der Waals surface area contributed by atoms with E-state index in [9.17, 15) is 4.79 Å². The fourth-order valence-electron chi connectivity index (χ4n) is 3.18. The van der Waals surface area contributed by atoms with Gasteiger partial charge in [0.05, 0.1) is 11.7 Å². The summed E-state index contributed by atoms with van der Waals surface area (Å²) in [4.78, 5) is 14.9. The van der Waals surface area contributed by atoms with Crippen LogP contribution >= 0.6 is 23.5 Å². The number of thioether (sulfide) groups is 2. The summed E-state index contributed by atoms with van der Waals surface area (Å²) < 4.78 is 11.9. The van der Waals surface area contributed by atoms with E-state index in [0.717, 1.165) is 5.56 Å². The van der Waals surface area contributed by atoms with Crippen molar-refractivity contribution in [2.45, 2.75) is 37.4 Å². The van der Waals surface area contributed by atoms with Gasteiger partial charge in [0, 0.05) is 23.6 Å². The van der Waals surface area contributed by atoms with Gasteiger partial charge in [-0.1, -0.05) is 36.4 Å². The molecule has 2 aromatic carbocycles. The molecule has 1 aliphatic rings. The molecule has 0 saturated carbocycles. The average molecular weight is 432 g/mol. The van der Waals surface area contributed by atoms with Gasteiger partial charge in [-0.15, -0.1) is 23.5 Å². The third-order valence-electron chi connectivity index (χ3n) is 4.73. The zero-order chi connectivity index (χ0) is 20.9. The van der Waals surface area contributed by atoms with Gasteiger partial charge in [0.15, 0.2) is 18.1 Å². The Morgan fingerprint density at radius 1 is 1.07 bits per heavy atom. The van der Waals surface area contributed by atoms with Crippen LogP contribution in [0.5, 0.6) is 11.5 Å². The third-order valence-corrected chi connectivity index (χ3v) is 7.83. The molecular weight excluding hydrogens is 402 g/mol. The lowest BCUT2D eigenvalue weighted by molar-refractivity contribution is -0.139. The van der Waals surface area contributed by atoms with Crippen molar-refractivity contribution in [3.8, 4) is 11.5 Å². The van der Waals surface area contributed by atoms with E-state index >= 15 is 0 Å². The summed E-state index contributed by atoms with van der Waals surface area (Å²) in [5.41, 5.74) is 2.03. The molecule has 1 fully saturated rings. The average Bonchev–Trinajstić information content (AvgIpc) is 3.25. The quantitative estimate of drug-likeness (QED) is 0.588. The third kappa shape index (κ3) is 5.86. The summed E-state index contributed by atoms with van der Waals surface area (Å²) in [6.45, 7) is 6.66. The van der Waals surface area contributed by atoms with Gasteiger partial charge in [-0.25, -0.2) is 0 Å². The van der Waals surface area contributed by atoms with Crippen LogP contribution in [0.3, 0.4) is 0 Å². The smallest absolute Gasteiger partial charge is 0.261 e. The van der Waals surface area contributed by atoms with Crippen LogP contribution in [0.4, 0.5) is 0 Å². The first-order valence-corrected chi connectivity index (χ1v) is 11.9. The van der Waals surface area contributed by atoms with Crippen molar-refractivity contribution < 1.29 is 14.3 Å². The van der Waals surface area contributed by atoms with Crippen LogP contribution in [-0.4, -0.2) is 41.6 Å². The van der Waals surface area contributed by atoms with Gasteiger partial charge in [-0.3, -0.25) is 4.79 Å². The highest BCUT2D eigenvalue weighted by molar-refractivity contribution is 8.19. The Hall–Kier alpha value is -1.79. The van der Waals surface area contributed by atoms with Crippen LogP contribution < -0.4 is 9.47 Å². The Bertz CT molecular complexity index is 815. The number of ether oxygens (including phenoxy) is 2. The number of rotatable bonds is 7. The minimum absolute atomic E-state index is 0.0211. The minimum atomic E-state index is -0.304. The molecule has 3 rings (SSSR count). The lowest BCUT2D eigenvalue weighted by Crippen LogP contribution is -2.47. The molecule has 0 radical (unpaired) electrons. The fraction of sp³-hybridized carbons (Fsp3) is 0.435. The first-order valence-electron chi connectivity index (χ1n) is 9.77. The molecule has 1 saturated heterocycles. The van der Waals surface area contributed by atoms with Crippen molar-refractivity contribution in [1.82, 2.24) is 4.90 Å². The van der Waals surface area contributed by atoms with Gasteiger partial charge in [0.2, 0.25) is 0 Å². The number of hydrogen-bond acceptors (Lipinski definition) is 5. The van der Waals surface area contributed by atoms with E-state index in [1.165, 1.54) is 17.1 Å². The lowest BCUT2D eigenvalue weighted by atomic mass is 10.0. The summed E-state index contributed by atoms with van der Waals surface area (Å²) in [6.07, 6.45) is 0. The number of benzene rings is 2. The Kier molecular flexibility index (Phi) is 7.41. The maximum Gasteiger partial charge on any atom is 0.261 e. The monoisotopic (exact) mass is 431 g/mol. The van der Waals surface area contributed by atoms with E-state index in [4.69, 9.17) is 9.47 Å². The molecule has 0 unspecified atom stereocenters. The highest BCUT2D eigenvalue weighted by Gasteiger charge is 2.27. The molecule has 0 N–H and O–H groups in total. The van der Waals surface area contributed by atoms with E-state index < -0.39 is 0 Å². The number of carbonyl (C=O) groups excluding carboxylic acids is 1. The second-order valence-electron chi connectivity index (χ2n) is 7.91. The second kappa shape index (κ2) is 9.81. The molecule has 0 spiro atoms. The molecule has 2 aromatic rings. The Labute approximate surface area is 182 Å². The van der Waals surface area contributed by atoms with Crippen molar-refractivity contribution in [2.24, 2.45) is 0 Å². The van der Waals surface area contributed by atoms with E-state index in [1.54, 1.807) is 7.11 Å². The van der Waals surface area contributed by atoms with Crippen molar-refractivity contribution in [2.75, 3.05) is 25.2 Å². The topological polar surface area (TPSA) is 38.8 Å². The molecule has 4 nitrogen and oxygen atoms in total. The summed E-state index contributed by atoms with van der Waals surface area (Å²) >= 11 is 3.90. The summed E-state index contributed by atoms with van der Waals surface area (Å²) in [6, 6.07) is 16.1. The highest BCUT2D eigenvalue weighted by Crippen LogP contribution is 2.46. The fourth-order valence-corrected chi connectivity index (χ4v) is 6.02.